The molecule has 1 fully saturated rings. The molecule has 20 heavy (non-hydrogen) atoms. The van der Waals surface area contributed by atoms with E-state index in [1.165, 1.54) is 0 Å². The molecule has 1 aliphatic rings. The average Bonchev–Trinajstić information content (AvgIpc) is 2.97. The first-order valence-corrected chi connectivity index (χ1v) is 6.73. The highest BCUT2D eigenvalue weighted by Crippen LogP contribution is 2.44. The quantitative estimate of drug-likeness (QED) is 0.799. The third-order valence-electron chi connectivity index (χ3n) is 3.81. The lowest BCUT2D eigenvalue weighted by molar-refractivity contribution is -0.155. The van der Waals surface area contributed by atoms with Gasteiger partial charge in [-0.05, 0) is 32.8 Å². The van der Waals surface area contributed by atoms with Gasteiger partial charge in [-0.25, -0.2) is 0 Å². The normalized spacial score (nSPS) is 16.7. The van der Waals surface area contributed by atoms with Crippen LogP contribution in [0.2, 0.25) is 0 Å². The van der Waals surface area contributed by atoms with Crippen molar-refractivity contribution >= 4 is 5.97 Å². The third kappa shape index (κ3) is 1.83. The number of rotatable bonds is 4. The van der Waals surface area contributed by atoms with Crippen molar-refractivity contribution in [3.05, 3.63) is 24.0 Å². The fourth-order valence-electron chi connectivity index (χ4n) is 2.45. The lowest BCUT2D eigenvalue weighted by Gasteiger charge is -2.35. The van der Waals surface area contributed by atoms with Gasteiger partial charge in [-0.1, -0.05) is 11.6 Å². The molecular formula is C14H16N2O4. The van der Waals surface area contributed by atoms with Crippen LogP contribution in [0.5, 0.6) is 0 Å². The Morgan fingerprint density at radius 1 is 1.50 bits per heavy atom. The highest BCUT2D eigenvalue weighted by atomic mass is 16.5. The SMILES string of the molecule is CCOC(=O)C1(c2nc(-c3ccoc3C)no2)CCC1. The number of esters is 1. The molecule has 0 aliphatic heterocycles. The van der Waals surface area contributed by atoms with Crippen LogP contribution in [0.4, 0.5) is 0 Å². The minimum atomic E-state index is -0.751. The zero-order chi connectivity index (χ0) is 14.2. The van der Waals surface area contributed by atoms with Crippen molar-refractivity contribution in [1.82, 2.24) is 10.1 Å². The zero-order valence-electron chi connectivity index (χ0n) is 11.5. The summed E-state index contributed by atoms with van der Waals surface area (Å²) >= 11 is 0. The summed E-state index contributed by atoms with van der Waals surface area (Å²) in [6.07, 6.45) is 3.92. The first-order chi connectivity index (χ1) is 9.67. The summed E-state index contributed by atoms with van der Waals surface area (Å²) in [4.78, 5) is 16.5. The molecule has 6 nitrogen and oxygen atoms in total. The number of hydrogen-bond donors (Lipinski definition) is 0. The molecule has 2 heterocycles. The van der Waals surface area contributed by atoms with Gasteiger partial charge < -0.3 is 13.7 Å². The largest absolute Gasteiger partial charge is 0.469 e. The first kappa shape index (κ1) is 12.9. The Morgan fingerprint density at radius 2 is 2.30 bits per heavy atom. The molecule has 0 amide bonds. The van der Waals surface area contributed by atoms with Crippen LogP contribution in [0, 0.1) is 6.92 Å². The Bertz CT molecular complexity index is 625. The van der Waals surface area contributed by atoms with E-state index in [1.807, 2.05) is 6.92 Å². The second kappa shape index (κ2) is 4.77. The van der Waals surface area contributed by atoms with Crippen LogP contribution < -0.4 is 0 Å². The summed E-state index contributed by atoms with van der Waals surface area (Å²) in [5.41, 5.74) is 0.0251. The Morgan fingerprint density at radius 3 is 2.85 bits per heavy atom. The van der Waals surface area contributed by atoms with Crippen LogP contribution in [0.15, 0.2) is 21.3 Å². The molecule has 2 aromatic rings. The molecule has 6 heteroatoms. The number of nitrogens with zero attached hydrogens (tertiary/aromatic N) is 2. The molecule has 2 aromatic heterocycles. The van der Waals surface area contributed by atoms with Crippen molar-refractivity contribution in [2.24, 2.45) is 0 Å². The predicted molar refractivity (Wildman–Crippen MR) is 68.9 cm³/mol. The number of aromatic nitrogens is 2. The van der Waals surface area contributed by atoms with Gasteiger partial charge in [0.1, 0.15) is 11.2 Å². The van der Waals surface area contributed by atoms with Crippen LogP contribution in [0.3, 0.4) is 0 Å². The van der Waals surface area contributed by atoms with Crippen molar-refractivity contribution in [3.63, 3.8) is 0 Å². The monoisotopic (exact) mass is 276 g/mol. The van der Waals surface area contributed by atoms with E-state index in [0.717, 1.165) is 17.7 Å². The molecule has 106 valence electrons. The highest BCUT2D eigenvalue weighted by Gasteiger charge is 2.52. The number of hydrogen-bond acceptors (Lipinski definition) is 6. The van der Waals surface area contributed by atoms with Gasteiger partial charge in [0, 0.05) is 0 Å². The van der Waals surface area contributed by atoms with E-state index < -0.39 is 5.41 Å². The van der Waals surface area contributed by atoms with Crippen LogP contribution in [0.1, 0.15) is 37.8 Å². The van der Waals surface area contributed by atoms with Gasteiger partial charge in [0.25, 0.3) is 0 Å². The summed E-state index contributed by atoms with van der Waals surface area (Å²) in [5, 5.41) is 3.96. The van der Waals surface area contributed by atoms with Crippen molar-refractivity contribution in [2.45, 2.75) is 38.5 Å². The van der Waals surface area contributed by atoms with Gasteiger partial charge in [-0.2, -0.15) is 4.98 Å². The Labute approximate surface area is 116 Å². The number of ether oxygens (including phenoxy) is 1. The number of carbonyl (C=O) groups is 1. The van der Waals surface area contributed by atoms with E-state index >= 15 is 0 Å². The second-order valence-electron chi connectivity index (χ2n) is 4.97. The molecule has 0 unspecified atom stereocenters. The van der Waals surface area contributed by atoms with Gasteiger partial charge in [-0.3, -0.25) is 4.79 Å². The Hall–Kier alpha value is -2.11. The van der Waals surface area contributed by atoms with E-state index in [2.05, 4.69) is 10.1 Å². The number of aryl methyl sites for hydroxylation is 1. The molecule has 0 N–H and O–H groups in total. The van der Waals surface area contributed by atoms with Gasteiger partial charge in [-0.15, -0.1) is 0 Å². The van der Waals surface area contributed by atoms with E-state index in [4.69, 9.17) is 13.7 Å². The van der Waals surface area contributed by atoms with Crippen LogP contribution in [-0.4, -0.2) is 22.7 Å². The molecule has 0 saturated heterocycles. The smallest absolute Gasteiger partial charge is 0.321 e. The summed E-state index contributed by atoms with van der Waals surface area (Å²) in [6.45, 7) is 3.97. The summed E-state index contributed by atoms with van der Waals surface area (Å²) in [5.74, 6) is 1.24. The maximum atomic E-state index is 12.1. The number of carbonyl (C=O) groups excluding carboxylic acids is 1. The molecule has 0 aromatic carbocycles. The maximum absolute atomic E-state index is 12.1. The molecule has 0 bridgehead atoms. The minimum Gasteiger partial charge on any atom is -0.469 e. The van der Waals surface area contributed by atoms with Gasteiger partial charge in [0.2, 0.25) is 11.7 Å². The highest BCUT2D eigenvalue weighted by molar-refractivity contribution is 5.83. The Kier molecular flexibility index (Phi) is 3.08. The second-order valence-corrected chi connectivity index (χ2v) is 4.97. The molecule has 0 radical (unpaired) electrons. The van der Waals surface area contributed by atoms with Gasteiger partial charge in [0.15, 0.2) is 0 Å². The van der Waals surface area contributed by atoms with Crippen LogP contribution in [0.25, 0.3) is 11.4 Å². The topological polar surface area (TPSA) is 78.4 Å². The van der Waals surface area contributed by atoms with E-state index in [0.29, 0.717) is 31.2 Å². The standard InChI is InChI=1S/C14H16N2O4/c1-3-18-13(17)14(6-4-7-14)12-15-11(16-20-12)10-5-8-19-9(10)2/h5,8H,3-4,6-7H2,1-2H3. The maximum Gasteiger partial charge on any atom is 0.321 e. The van der Waals surface area contributed by atoms with Crippen molar-refractivity contribution in [1.29, 1.82) is 0 Å². The van der Waals surface area contributed by atoms with Crippen LogP contribution in [-0.2, 0) is 14.9 Å². The summed E-state index contributed by atoms with van der Waals surface area (Å²) < 4.78 is 15.7. The molecule has 0 spiro atoms. The summed E-state index contributed by atoms with van der Waals surface area (Å²) in [7, 11) is 0. The molecule has 1 aliphatic carbocycles. The third-order valence-corrected chi connectivity index (χ3v) is 3.81. The van der Waals surface area contributed by atoms with Crippen molar-refractivity contribution in [3.8, 4) is 11.4 Å². The lowest BCUT2D eigenvalue weighted by atomic mass is 9.68. The van der Waals surface area contributed by atoms with Crippen LogP contribution >= 0.6 is 0 Å². The number of furan rings is 1. The Balaban J connectivity index is 1.93. The van der Waals surface area contributed by atoms with Crippen molar-refractivity contribution < 1.29 is 18.5 Å². The zero-order valence-corrected chi connectivity index (χ0v) is 11.5. The van der Waals surface area contributed by atoms with Crippen molar-refractivity contribution in [2.75, 3.05) is 6.61 Å². The van der Waals surface area contributed by atoms with Gasteiger partial charge >= 0.3 is 5.97 Å². The molecule has 0 atom stereocenters. The van der Waals surface area contributed by atoms with E-state index in [9.17, 15) is 4.79 Å². The fraction of sp³-hybridized carbons (Fsp3) is 0.500. The predicted octanol–water partition coefficient (Wildman–Crippen LogP) is 2.62. The average molecular weight is 276 g/mol. The molecular weight excluding hydrogens is 260 g/mol. The molecule has 3 rings (SSSR count). The first-order valence-electron chi connectivity index (χ1n) is 6.73. The minimum absolute atomic E-state index is 0.273. The fourth-order valence-corrected chi connectivity index (χ4v) is 2.45. The lowest BCUT2D eigenvalue weighted by Crippen LogP contribution is -2.44. The van der Waals surface area contributed by atoms with E-state index in [-0.39, 0.29) is 5.97 Å². The summed E-state index contributed by atoms with van der Waals surface area (Å²) in [6, 6.07) is 1.78. The van der Waals surface area contributed by atoms with E-state index in [1.54, 1.807) is 19.3 Å². The molecule has 1 saturated carbocycles. The van der Waals surface area contributed by atoms with Gasteiger partial charge in [0.05, 0.1) is 18.4 Å².